The Hall–Kier alpha value is -0.670. The first-order valence-electron chi connectivity index (χ1n) is 5.65. The summed E-state index contributed by atoms with van der Waals surface area (Å²) < 4.78 is 1.10. The van der Waals surface area contributed by atoms with Crippen LogP contribution in [0.1, 0.15) is 25.8 Å². The quantitative estimate of drug-likeness (QED) is 0.746. The molecule has 0 aliphatic heterocycles. The van der Waals surface area contributed by atoms with Gasteiger partial charge in [-0.25, -0.2) is 4.98 Å². The molecule has 17 heavy (non-hydrogen) atoms. The first-order valence-corrected chi connectivity index (χ1v) is 7.32. The third kappa shape index (κ3) is 3.39. The van der Waals surface area contributed by atoms with Crippen LogP contribution in [0.15, 0.2) is 34.1 Å². The highest BCUT2D eigenvalue weighted by molar-refractivity contribution is 9.10. The van der Waals surface area contributed by atoms with Gasteiger partial charge in [-0.05, 0) is 11.5 Å². The van der Waals surface area contributed by atoms with Gasteiger partial charge >= 0.3 is 0 Å². The Bertz CT molecular complexity index is 511. The third-order valence-corrected chi connectivity index (χ3v) is 3.92. The van der Waals surface area contributed by atoms with E-state index in [0.29, 0.717) is 5.41 Å². The minimum absolute atomic E-state index is 0.295. The zero-order valence-corrected chi connectivity index (χ0v) is 12.7. The lowest BCUT2D eigenvalue weighted by Crippen LogP contribution is -2.08. The Morgan fingerprint density at radius 1 is 1.24 bits per heavy atom. The predicted octanol–water partition coefficient (Wildman–Crippen LogP) is 5.16. The number of rotatable bonds is 2. The average molecular weight is 310 g/mol. The third-order valence-electron chi connectivity index (χ3n) is 2.38. The maximum atomic E-state index is 4.72. The van der Waals surface area contributed by atoms with Crippen molar-refractivity contribution in [1.82, 2.24) is 4.98 Å². The number of hydrogen-bond acceptors (Lipinski definition) is 2. The molecule has 0 fully saturated rings. The fourth-order valence-corrected chi connectivity index (χ4v) is 3.22. The predicted molar refractivity (Wildman–Crippen MR) is 78.4 cm³/mol. The topological polar surface area (TPSA) is 12.9 Å². The van der Waals surface area contributed by atoms with Gasteiger partial charge in [0, 0.05) is 21.8 Å². The summed E-state index contributed by atoms with van der Waals surface area (Å²) in [6, 6.07) is 8.22. The Labute approximate surface area is 115 Å². The van der Waals surface area contributed by atoms with Crippen LogP contribution in [0.2, 0.25) is 0 Å². The van der Waals surface area contributed by atoms with E-state index < -0.39 is 0 Å². The van der Waals surface area contributed by atoms with E-state index in [-0.39, 0.29) is 0 Å². The minimum Gasteiger partial charge on any atom is -0.241 e. The number of thiazole rings is 1. The molecule has 0 atom stereocenters. The Balaban J connectivity index is 2.28. The van der Waals surface area contributed by atoms with Crippen LogP contribution in [0, 0.1) is 5.41 Å². The molecule has 2 aromatic rings. The Morgan fingerprint density at radius 3 is 2.59 bits per heavy atom. The number of nitrogens with zero attached hydrogens (tertiary/aromatic N) is 1. The van der Waals surface area contributed by atoms with Crippen molar-refractivity contribution < 1.29 is 0 Å². The monoisotopic (exact) mass is 309 g/mol. The molecular formula is C14H16BrNS. The molecule has 3 heteroatoms. The van der Waals surface area contributed by atoms with E-state index in [1.807, 2.05) is 12.1 Å². The molecule has 0 amide bonds. The van der Waals surface area contributed by atoms with Crippen molar-refractivity contribution in [2.75, 3.05) is 0 Å². The SMILES string of the molecule is CC(C)(C)Cc1nc(-c2ccccc2Br)cs1. The molecule has 0 unspecified atom stereocenters. The van der Waals surface area contributed by atoms with Crippen molar-refractivity contribution in [3.63, 3.8) is 0 Å². The van der Waals surface area contributed by atoms with Gasteiger partial charge in [-0.2, -0.15) is 0 Å². The van der Waals surface area contributed by atoms with Crippen LogP contribution in [-0.4, -0.2) is 4.98 Å². The van der Waals surface area contributed by atoms with Crippen molar-refractivity contribution >= 4 is 27.3 Å². The second-order valence-electron chi connectivity index (χ2n) is 5.34. The molecule has 0 radical (unpaired) electrons. The molecule has 0 saturated heterocycles. The second-order valence-corrected chi connectivity index (χ2v) is 7.14. The van der Waals surface area contributed by atoms with Gasteiger partial charge in [0.15, 0.2) is 0 Å². The summed E-state index contributed by atoms with van der Waals surface area (Å²) in [6.07, 6.45) is 1.03. The van der Waals surface area contributed by atoms with Crippen molar-refractivity contribution in [3.05, 3.63) is 39.1 Å². The summed E-state index contributed by atoms with van der Waals surface area (Å²) in [4.78, 5) is 4.72. The van der Waals surface area contributed by atoms with Crippen LogP contribution in [0.5, 0.6) is 0 Å². The van der Waals surface area contributed by atoms with Crippen LogP contribution in [0.4, 0.5) is 0 Å². The highest BCUT2D eigenvalue weighted by Gasteiger charge is 2.15. The molecule has 1 heterocycles. The van der Waals surface area contributed by atoms with E-state index >= 15 is 0 Å². The van der Waals surface area contributed by atoms with E-state index in [9.17, 15) is 0 Å². The largest absolute Gasteiger partial charge is 0.241 e. The van der Waals surface area contributed by atoms with Crippen molar-refractivity contribution in [2.24, 2.45) is 5.41 Å². The molecular weight excluding hydrogens is 294 g/mol. The van der Waals surface area contributed by atoms with Gasteiger partial charge in [0.2, 0.25) is 0 Å². The molecule has 1 aromatic carbocycles. The number of halogens is 1. The summed E-state index contributed by atoms with van der Waals surface area (Å²) in [5.74, 6) is 0. The molecule has 2 rings (SSSR count). The molecule has 0 saturated carbocycles. The minimum atomic E-state index is 0.295. The van der Waals surface area contributed by atoms with Crippen molar-refractivity contribution in [2.45, 2.75) is 27.2 Å². The highest BCUT2D eigenvalue weighted by atomic mass is 79.9. The molecule has 0 bridgehead atoms. The standard InChI is InChI=1S/C14H16BrNS/c1-14(2,3)8-13-16-12(9-17-13)10-6-4-5-7-11(10)15/h4-7,9H,8H2,1-3H3. The summed E-state index contributed by atoms with van der Waals surface area (Å²) in [5.41, 5.74) is 2.54. The van der Waals surface area contributed by atoms with Gasteiger partial charge in [-0.1, -0.05) is 54.9 Å². The molecule has 90 valence electrons. The maximum Gasteiger partial charge on any atom is 0.0937 e. The molecule has 0 aliphatic rings. The van der Waals surface area contributed by atoms with Crippen LogP contribution >= 0.6 is 27.3 Å². The molecule has 0 spiro atoms. The zero-order valence-electron chi connectivity index (χ0n) is 10.3. The molecule has 0 aliphatic carbocycles. The average Bonchev–Trinajstić information content (AvgIpc) is 2.64. The lowest BCUT2D eigenvalue weighted by molar-refractivity contribution is 0.410. The first-order chi connectivity index (χ1) is 7.96. The second kappa shape index (κ2) is 4.91. The first kappa shape index (κ1) is 12.8. The van der Waals surface area contributed by atoms with Crippen LogP contribution in [0.25, 0.3) is 11.3 Å². The van der Waals surface area contributed by atoms with E-state index in [1.165, 1.54) is 10.6 Å². The molecule has 1 aromatic heterocycles. The van der Waals surface area contributed by atoms with Gasteiger partial charge < -0.3 is 0 Å². The maximum absolute atomic E-state index is 4.72. The van der Waals surface area contributed by atoms with Gasteiger partial charge in [0.25, 0.3) is 0 Å². The van der Waals surface area contributed by atoms with Crippen LogP contribution in [0.3, 0.4) is 0 Å². The van der Waals surface area contributed by atoms with Gasteiger partial charge in [-0.15, -0.1) is 11.3 Å². The normalized spacial score (nSPS) is 11.8. The van der Waals surface area contributed by atoms with E-state index in [0.717, 1.165) is 16.6 Å². The number of hydrogen-bond donors (Lipinski definition) is 0. The fourth-order valence-electron chi connectivity index (χ4n) is 1.64. The molecule has 0 N–H and O–H groups in total. The number of aromatic nitrogens is 1. The van der Waals surface area contributed by atoms with Crippen LogP contribution < -0.4 is 0 Å². The fraction of sp³-hybridized carbons (Fsp3) is 0.357. The summed E-state index contributed by atoms with van der Waals surface area (Å²) in [5, 5.41) is 3.35. The highest BCUT2D eigenvalue weighted by Crippen LogP contribution is 2.31. The summed E-state index contributed by atoms with van der Waals surface area (Å²) in [6.45, 7) is 6.73. The van der Waals surface area contributed by atoms with E-state index in [2.05, 4.69) is 54.2 Å². The van der Waals surface area contributed by atoms with E-state index in [1.54, 1.807) is 11.3 Å². The van der Waals surface area contributed by atoms with Crippen LogP contribution in [-0.2, 0) is 6.42 Å². The van der Waals surface area contributed by atoms with Gasteiger partial charge in [-0.3, -0.25) is 0 Å². The van der Waals surface area contributed by atoms with E-state index in [4.69, 9.17) is 4.98 Å². The van der Waals surface area contributed by atoms with Gasteiger partial charge in [0.1, 0.15) is 0 Å². The Kier molecular flexibility index (Phi) is 3.69. The number of benzene rings is 1. The summed E-state index contributed by atoms with van der Waals surface area (Å²) >= 11 is 5.32. The lowest BCUT2D eigenvalue weighted by atomic mass is 9.93. The zero-order chi connectivity index (χ0) is 12.5. The van der Waals surface area contributed by atoms with Crippen molar-refractivity contribution in [3.8, 4) is 11.3 Å². The lowest BCUT2D eigenvalue weighted by Gasteiger charge is -2.15. The Morgan fingerprint density at radius 2 is 1.94 bits per heavy atom. The van der Waals surface area contributed by atoms with Gasteiger partial charge in [0.05, 0.1) is 10.7 Å². The van der Waals surface area contributed by atoms with Crippen molar-refractivity contribution in [1.29, 1.82) is 0 Å². The smallest absolute Gasteiger partial charge is 0.0937 e. The molecule has 1 nitrogen and oxygen atoms in total. The summed E-state index contributed by atoms with van der Waals surface area (Å²) in [7, 11) is 0.